The first-order valence-electron chi connectivity index (χ1n) is 5.61. The van der Waals surface area contributed by atoms with Crippen LogP contribution in [-0.2, 0) is 5.54 Å². The Kier molecular flexibility index (Phi) is 2.54. The highest BCUT2D eigenvalue weighted by Crippen LogP contribution is 2.44. The van der Waals surface area contributed by atoms with E-state index in [9.17, 15) is 0 Å². The van der Waals surface area contributed by atoms with Crippen molar-refractivity contribution < 1.29 is 4.52 Å². The van der Waals surface area contributed by atoms with Crippen LogP contribution >= 0.6 is 0 Å². The lowest BCUT2D eigenvalue weighted by Gasteiger charge is -2.29. The molecule has 2 rings (SSSR count). The SMILES string of the molecule is Cc1nc(C(C)(NC(C)C)C2CC2)no1. The summed E-state index contributed by atoms with van der Waals surface area (Å²) < 4.78 is 5.07. The molecular weight excluding hydrogens is 190 g/mol. The summed E-state index contributed by atoms with van der Waals surface area (Å²) in [6.45, 7) is 8.30. The van der Waals surface area contributed by atoms with Gasteiger partial charge in [0.15, 0.2) is 5.82 Å². The number of rotatable bonds is 4. The van der Waals surface area contributed by atoms with Crippen LogP contribution in [-0.4, -0.2) is 16.2 Å². The van der Waals surface area contributed by atoms with Crippen molar-refractivity contribution in [3.05, 3.63) is 11.7 Å². The van der Waals surface area contributed by atoms with Crippen molar-refractivity contribution in [2.45, 2.75) is 52.1 Å². The molecule has 1 aliphatic carbocycles. The predicted molar refractivity (Wildman–Crippen MR) is 57.4 cm³/mol. The van der Waals surface area contributed by atoms with E-state index >= 15 is 0 Å². The molecule has 1 atom stereocenters. The molecule has 4 nitrogen and oxygen atoms in total. The van der Waals surface area contributed by atoms with Gasteiger partial charge in [-0.3, -0.25) is 0 Å². The summed E-state index contributed by atoms with van der Waals surface area (Å²) in [4.78, 5) is 4.36. The Balaban J connectivity index is 2.25. The Bertz CT molecular complexity index is 343. The van der Waals surface area contributed by atoms with Gasteiger partial charge in [-0.25, -0.2) is 0 Å². The Morgan fingerprint density at radius 3 is 2.53 bits per heavy atom. The zero-order valence-electron chi connectivity index (χ0n) is 9.87. The maximum atomic E-state index is 5.07. The van der Waals surface area contributed by atoms with Crippen molar-refractivity contribution in [1.82, 2.24) is 15.5 Å². The molecule has 0 saturated heterocycles. The van der Waals surface area contributed by atoms with Gasteiger partial charge in [-0.1, -0.05) is 5.16 Å². The summed E-state index contributed by atoms with van der Waals surface area (Å²) in [6.07, 6.45) is 2.51. The molecule has 1 aromatic heterocycles. The molecule has 0 aromatic carbocycles. The van der Waals surface area contributed by atoms with E-state index in [0.717, 1.165) is 5.82 Å². The predicted octanol–water partition coefficient (Wildman–Crippen LogP) is 2.00. The summed E-state index contributed by atoms with van der Waals surface area (Å²) in [6, 6.07) is 0.425. The second-order valence-electron chi connectivity index (χ2n) is 4.91. The summed E-state index contributed by atoms with van der Waals surface area (Å²) in [5, 5.41) is 7.62. The number of nitrogens with zero attached hydrogens (tertiary/aromatic N) is 2. The highest BCUT2D eigenvalue weighted by molar-refractivity contribution is 5.10. The smallest absolute Gasteiger partial charge is 0.223 e. The molecule has 84 valence electrons. The van der Waals surface area contributed by atoms with Crippen molar-refractivity contribution >= 4 is 0 Å². The van der Waals surface area contributed by atoms with Gasteiger partial charge >= 0.3 is 0 Å². The minimum atomic E-state index is -0.119. The molecule has 1 N–H and O–H groups in total. The Morgan fingerprint density at radius 2 is 2.13 bits per heavy atom. The molecule has 15 heavy (non-hydrogen) atoms. The maximum Gasteiger partial charge on any atom is 0.223 e. The normalized spacial score (nSPS) is 20.6. The Hall–Kier alpha value is -0.900. The molecule has 1 heterocycles. The van der Waals surface area contributed by atoms with Crippen molar-refractivity contribution in [3.63, 3.8) is 0 Å². The van der Waals surface area contributed by atoms with Crippen LogP contribution in [0.25, 0.3) is 0 Å². The standard InChI is InChI=1S/C11H19N3O/c1-7(2)13-11(4,9-5-6-9)10-12-8(3)15-14-10/h7,9,13H,5-6H2,1-4H3. The zero-order chi connectivity index (χ0) is 11.1. The largest absolute Gasteiger partial charge is 0.340 e. The van der Waals surface area contributed by atoms with Crippen LogP contribution in [0.2, 0.25) is 0 Å². The van der Waals surface area contributed by atoms with E-state index in [1.807, 2.05) is 6.92 Å². The quantitative estimate of drug-likeness (QED) is 0.824. The molecule has 1 aromatic rings. The molecule has 0 spiro atoms. The summed E-state index contributed by atoms with van der Waals surface area (Å²) in [5.74, 6) is 2.09. The third kappa shape index (κ3) is 2.04. The first kappa shape index (κ1) is 10.6. The summed E-state index contributed by atoms with van der Waals surface area (Å²) in [7, 11) is 0. The van der Waals surface area contributed by atoms with E-state index in [2.05, 4.69) is 36.2 Å². The highest BCUT2D eigenvalue weighted by atomic mass is 16.5. The topological polar surface area (TPSA) is 51.0 Å². The van der Waals surface area contributed by atoms with Gasteiger partial charge in [0.2, 0.25) is 5.89 Å². The van der Waals surface area contributed by atoms with E-state index in [4.69, 9.17) is 4.52 Å². The minimum Gasteiger partial charge on any atom is -0.340 e. The second kappa shape index (κ2) is 3.59. The monoisotopic (exact) mass is 209 g/mol. The number of nitrogens with one attached hydrogen (secondary N) is 1. The van der Waals surface area contributed by atoms with E-state index in [1.54, 1.807) is 0 Å². The van der Waals surface area contributed by atoms with Gasteiger partial charge in [0.1, 0.15) is 0 Å². The molecule has 0 amide bonds. The first-order valence-corrected chi connectivity index (χ1v) is 5.61. The lowest BCUT2D eigenvalue weighted by molar-refractivity contribution is 0.262. The lowest BCUT2D eigenvalue weighted by atomic mass is 9.94. The van der Waals surface area contributed by atoms with Crippen LogP contribution < -0.4 is 5.32 Å². The van der Waals surface area contributed by atoms with Gasteiger partial charge in [0.05, 0.1) is 5.54 Å². The van der Waals surface area contributed by atoms with Gasteiger partial charge < -0.3 is 9.84 Å². The van der Waals surface area contributed by atoms with Gasteiger partial charge in [-0.2, -0.15) is 4.98 Å². The third-order valence-corrected chi connectivity index (χ3v) is 2.97. The van der Waals surface area contributed by atoms with Crippen LogP contribution in [0.3, 0.4) is 0 Å². The van der Waals surface area contributed by atoms with Gasteiger partial charge in [0.25, 0.3) is 0 Å². The van der Waals surface area contributed by atoms with Crippen molar-refractivity contribution in [3.8, 4) is 0 Å². The molecule has 0 aliphatic heterocycles. The first-order chi connectivity index (χ1) is 7.02. The van der Waals surface area contributed by atoms with Crippen LogP contribution in [0, 0.1) is 12.8 Å². The lowest BCUT2D eigenvalue weighted by Crippen LogP contribution is -2.46. The van der Waals surface area contributed by atoms with E-state index in [-0.39, 0.29) is 5.54 Å². The van der Waals surface area contributed by atoms with Crippen molar-refractivity contribution in [1.29, 1.82) is 0 Å². The molecular formula is C11H19N3O. The number of hydrogen-bond donors (Lipinski definition) is 1. The van der Waals surface area contributed by atoms with E-state index in [1.165, 1.54) is 12.8 Å². The number of aryl methyl sites for hydroxylation is 1. The maximum absolute atomic E-state index is 5.07. The average Bonchev–Trinajstić information content (AvgIpc) is 2.89. The van der Waals surface area contributed by atoms with Crippen LogP contribution in [0.5, 0.6) is 0 Å². The fourth-order valence-corrected chi connectivity index (χ4v) is 2.14. The second-order valence-corrected chi connectivity index (χ2v) is 4.91. The number of hydrogen-bond acceptors (Lipinski definition) is 4. The van der Waals surface area contributed by atoms with Crippen molar-refractivity contribution in [2.75, 3.05) is 0 Å². The molecule has 1 fully saturated rings. The fraction of sp³-hybridized carbons (Fsp3) is 0.818. The summed E-state index contributed by atoms with van der Waals surface area (Å²) >= 11 is 0. The number of aromatic nitrogens is 2. The zero-order valence-corrected chi connectivity index (χ0v) is 9.87. The minimum absolute atomic E-state index is 0.119. The Labute approximate surface area is 90.4 Å². The van der Waals surface area contributed by atoms with Gasteiger partial charge in [-0.15, -0.1) is 0 Å². The van der Waals surface area contributed by atoms with Gasteiger partial charge in [0, 0.05) is 13.0 Å². The van der Waals surface area contributed by atoms with Crippen LogP contribution in [0.15, 0.2) is 4.52 Å². The molecule has 4 heteroatoms. The molecule has 1 aliphatic rings. The molecule has 0 bridgehead atoms. The van der Waals surface area contributed by atoms with E-state index < -0.39 is 0 Å². The van der Waals surface area contributed by atoms with Crippen molar-refractivity contribution in [2.24, 2.45) is 5.92 Å². The van der Waals surface area contributed by atoms with Gasteiger partial charge in [-0.05, 0) is 39.5 Å². The fourth-order valence-electron chi connectivity index (χ4n) is 2.14. The summed E-state index contributed by atoms with van der Waals surface area (Å²) in [5.41, 5.74) is -0.119. The molecule has 0 radical (unpaired) electrons. The third-order valence-electron chi connectivity index (χ3n) is 2.97. The molecule has 1 unspecified atom stereocenters. The highest BCUT2D eigenvalue weighted by Gasteiger charge is 2.46. The Morgan fingerprint density at radius 1 is 1.47 bits per heavy atom. The van der Waals surface area contributed by atoms with Crippen LogP contribution in [0.4, 0.5) is 0 Å². The van der Waals surface area contributed by atoms with E-state index in [0.29, 0.717) is 17.9 Å². The molecule has 1 saturated carbocycles. The van der Waals surface area contributed by atoms with Crippen LogP contribution in [0.1, 0.15) is 45.3 Å². The average molecular weight is 209 g/mol.